The average molecular weight is 279 g/mol. The van der Waals surface area contributed by atoms with Crippen LogP contribution in [0, 0.1) is 0 Å². The summed E-state index contributed by atoms with van der Waals surface area (Å²) in [5.41, 5.74) is 0.598. The summed E-state index contributed by atoms with van der Waals surface area (Å²) in [4.78, 5) is 39.0. The highest BCUT2D eigenvalue weighted by Crippen LogP contribution is 2.13. The molecule has 1 aromatic heterocycles. The van der Waals surface area contributed by atoms with Gasteiger partial charge in [0.05, 0.1) is 5.56 Å². The van der Waals surface area contributed by atoms with Gasteiger partial charge in [-0.1, -0.05) is 0 Å². The molecule has 0 unspecified atom stereocenters. The summed E-state index contributed by atoms with van der Waals surface area (Å²) in [6.07, 6.45) is 3.40. The summed E-state index contributed by atoms with van der Waals surface area (Å²) >= 11 is 0. The molecule has 1 aliphatic heterocycles. The lowest BCUT2D eigenvalue weighted by molar-refractivity contribution is -0.138. The highest BCUT2D eigenvalue weighted by molar-refractivity contribution is 6.00. The summed E-state index contributed by atoms with van der Waals surface area (Å²) in [6, 6.07) is 0.472. The zero-order valence-corrected chi connectivity index (χ0v) is 11.2. The Hall–Kier alpha value is -2.31. The maximum absolute atomic E-state index is 12.1. The molecule has 3 N–H and O–H groups in total. The van der Waals surface area contributed by atoms with Crippen molar-refractivity contribution in [1.29, 1.82) is 0 Å². The number of carboxylic acids is 1. The first-order valence-corrected chi connectivity index (χ1v) is 6.50. The quantitative estimate of drug-likeness (QED) is 0.744. The van der Waals surface area contributed by atoms with E-state index in [2.05, 4.69) is 10.3 Å². The Morgan fingerprint density at radius 1 is 1.35 bits per heavy atom. The second-order valence-electron chi connectivity index (χ2n) is 4.83. The van der Waals surface area contributed by atoms with Gasteiger partial charge in [-0.2, -0.15) is 0 Å². The number of amides is 2. The molecule has 1 saturated heterocycles. The number of aromatic amines is 1. The van der Waals surface area contributed by atoms with Crippen LogP contribution in [0.3, 0.4) is 0 Å². The SMILES string of the molecule is C[C@@H](NC(=O)c1c[nH]c(C(=O)N2CCCC2)c1)C(=O)O. The van der Waals surface area contributed by atoms with E-state index in [0.717, 1.165) is 25.9 Å². The smallest absolute Gasteiger partial charge is 0.325 e. The molecular formula is C13H17N3O4. The van der Waals surface area contributed by atoms with Crippen LogP contribution < -0.4 is 5.32 Å². The van der Waals surface area contributed by atoms with Crippen molar-refractivity contribution in [3.8, 4) is 0 Å². The summed E-state index contributed by atoms with van der Waals surface area (Å²) in [5.74, 6) is -1.76. The van der Waals surface area contributed by atoms with Gasteiger partial charge >= 0.3 is 5.97 Å². The Morgan fingerprint density at radius 3 is 2.60 bits per heavy atom. The minimum Gasteiger partial charge on any atom is -0.480 e. The van der Waals surface area contributed by atoms with Crippen molar-refractivity contribution < 1.29 is 19.5 Å². The van der Waals surface area contributed by atoms with E-state index in [4.69, 9.17) is 5.11 Å². The van der Waals surface area contributed by atoms with Crippen molar-refractivity contribution >= 4 is 17.8 Å². The minimum absolute atomic E-state index is 0.132. The number of carbonyl (C=O) groups excluding carboxylic acids is 2. The van der Waals surface area contributed by atoms with Crippen molar-refractivity contribution in [1.82, 2.24) is 15.2 Å². The number of carboxylic acid groups (broad SMARTS) is 1. The van der Waals surface area contributed by atoms with Crippen LogP contribution in [0.5, 0.6) is 0 Å². The number of aromatic nitrogens is 1. The zero-order valence-electron chi connectivity index (χ0n) is 11.2. The predicted octanol–water partition coefficient (Wildman–Crippen LogP) is 0.454. The number of nitrogens with zero attached hydrogens (tertiary/aromatic N) is 1. The van der Waals surface area contributed by atoms with Gasteiger partial charge in [0, 0.05) is 19.3 Å². The first-order chi connectivity index (χ1) is 9.49. The first kappa shape index (κ1) is 14.1. The number of hydrogen-bond acceptors (Lipinski definition) is 3. The molecule has 1 aliphatic rings. The molecule has 2 heterocycles. The molecule has 0 bridgehead atoms. The molecule has 108 valence electrons. The standard InChI is InChI=1S/C13H17N3O4/c1-8(13(19)20)15-11(17)9-6-10(14-7-9)12(18)16-4-2-3-5-16/h6-8,14H,2-5H2,1H3,(H,15,17)(H,19,20)/t8-/m1/s1. The van der Waals surface area contributed by atoms with Crippen molar-refractivity contribution in [2.75, 3.05) is 13.1 Å². The lowest BCUT2D eigenvalue weighted by Gasteiger charge is -2.13. The lowest BCUT2D eigenvalue weighted by Crippen LogP contribution is -2.38. The van der Waals surface area contributed by atoms with E-state index in [9.17, 15) is 14.4 Å². The van der Waals surface area contributed by atoms with Crippen LogP contribution in [0.1, 0.15) is 40.6 Å². The van der Waals surface area contributed by atoms with E-state index in [0.29, 0.717) is 5.69 Å². The van der Waals surface area contributed by atoms with Crippen molar-refractivity contribution in [2.45, 2.75) is 25.8 Å². The molecule has 0 aromatic carbocycles. The summed E-state index contributed by atoms with van der Waals surface area (Å²) in [7, 11) is 0. The maximum atomic E-state index is 12.1. The van der Waals surface area contributed by atoms with Crippen LogP contribution >= 0.6 is 0 Å². The number of nitrogens with one attached hydrogen (secondary N) is 2. The van der Waals surface area contributed by atoms with Crippen LogP contribution in [-0.4, -0.2) is 51.9 Å². The van der Waals surface area contributed by atoms with E-state index < -0.39 is 17.9 Å². The maximum Gasteiger partial charge on any atom is 0.325 e. The van der Waals surface area contributed by atoms with Crippen LogP contribution in [-0.2, 0) is 4.79 Å². The third-order valence-electron chi connectivity index (χ3n) is 3.29. The van der Waals surface area contributed by atoms with Gasteiger partial charge in [0.1, 0.15) is 11.7 Å². The molecule has 1 aromatic rings. The number of likely N-dealkylation sites (tertiary alicyclic amines) is 1. The molecule has 20 heavy (non-hydrogen) atoms. The summed E-state index contributed by atoms with van der Waals surface area (Å²) in [5, 5.41) is 11.1. The van der Waals surface area contributed by atoms with Crippen LogP contribution in [0.2, 0.25) is 0 Å². The van der Waals surface area contributed by atoms with Crippen molar-refractivity contribution in [3.63, 3.8) is 0 Å². The Kier molecular flexibility index (Phi) is 4.07. The van der Waals surface area contributed by atoms with E-state index >= 15 is 0 Å². The largest absolute Gasteiger partial charge is 0.480 e. The number of aliphatic carboxylic acids is 1. The monoisotopic (exact) mass is 279 g/mol. The highest BCUT2D eigenvalue weighted by atomic mass is 16.4. The minimum atomic E-state index is -1.11. The average Bonchev–Trinajstić information content (AvgIpc) is 3.09. The van der Waals surface area contributed by atoms with Crippen LogP contribution in [0.15, 0.2) is 12.3 Å². The molecule has 0 aliphatic carbocycles. The highest BCUT2D eigenvalue weighted by Gasteiger charge is 2.22. The second-order valence-corrected chi connectivity index (χ2v) is 4.83. The molecular weight excluding hydrogens is 262 g/mol. The van der Waals surface area contributed by atoms with Crippen LogP contribution in [0.25, 0.3) is 0 Å². The fraction of sp³-hybridized carbons (Fsp3) is 0.462. The summed E-state index contributed by atoms with van der Waals surface area (Å²) < 4.78 is 0. The fourth-order valence-corrected chi connectivity index (χ4v) is 2.08. The Bertz CT molecular complexity index is 531. The predicted molar refractivity (Wildman–Crippen MR) is 70.5 cm³/mol. The van der Waals surface area contributed by atoms with Crippen molar-refractivity contribution in [2.24, 2.45) is 0 Å². The second kappa shape index (κ2) is 5.77. The zero-order chi connectivity index (χ0) is 14.7. The first-order valence-electron chi connectivity index (χ1n) is 6.50. The molecule has 7 heteroatoms. The molecule has 0 saturated carbocycles. The van der Waals surface area contributed by atoms with E-state index in [-0.39, 0.29) is 11.5 Å². The van der Waals surface area contributed by atoms with Gasteiger partial charge in [0.2, 0.25) is 0 Å². The fourth-order valence-electron chi connectivity index (χ4n) is 2.08. The van der Waals surface area contributed by atoms with Gasteiger partial charge < -0.3 is 20.3 Å². The lowest BCUT2D eigenvalue weighted by atomic mass is 10.2. The van der Waals surface area contributed by atoms with Crippen molar-refractivity contribution in [3.05, 3.63) is 23.5 Å². The van der Waals surface area contributed by atoms with Gasteiger partial charge in [-0.15, -0.1) is 0 Å². The third kappa shape index (κ3) is 2.98. The van der Waals surface area contributed by atoms with Gasteiger partial charge in [0.15, 0.2) is 0 Å². The number of hydrogen-bond donors (Lipinski definition) is 3. The van der Waals surface area contributed by atoms with Gasteiger partial charge in [-0.25, -0.2) is 0 Å². The van der Waals surface area contributed by atoms with Gasteiger partial charge in [-0.05, 0) is 25.8 Å². The Labute approximate surface area is 116 Å². The van der Waals surface area contributed by atoms with E-state index in [1.165, 1.54) is 19.2 Å². The molecule has 0 radical (unpaired) electrons. The topological polar surface area (TPSA) is 103 Å². The van der Waals surface area contributed by atoms with Gasteiger partial charge in [-0.3, -0.25) is 14.4 Å². The molecule has 1 fully saturated rings. The summed E-state index contributed by atoms with van der Waals surface area (Å²) in [6.45, 7) is 2.84. The Morgan fingerprint density at radius 2 is 2.00 bits per heavy atom. The number of rotatable bonds is 4. The van der Waals surface area contributed by atoms with E-state index in [1.54, 1.807) is 4.90 Å². The third-order valence-corrected chi connectivity index (χ3v) is 3.29. The number of carbonyl (C=O) groups is 3. The van der Waals surface area contributed by atoms with E-state index in [1.807, 2.05) is 0 Å². The molecule has 2 rings (SSSR count). The van der Waals surface area contributed by atoms with Gasteiger partial charge in [0.25, 0.3) is 11.8 Å². The molecule has 0 spiro atoms. The molecule has 7 nitrogen and oxygen atoms in total. The number of H-pyrrole nitrogens is 1. The normalized spacial score (nSPS) is 15.9. The Balaban J connectivity index is 2.02. The molecule has 1 atom stereocenters. The van der Waals surface area contributed by atoms with Crippen LogP contribution in [0.4, 0.5) is 0 Å². The molecule has 2 amide bonds.